The van der Waals surface area contributed by atoms with Gasteiger partial charge in [-0.1, -0.05) is 44.2 Å². The Balaban J connectivity index is 1.92. The van der Waals surface area contributed by atoms with Crippen molar-refractivity contribution in [1.82, 2.24) is 15.0 Å². The van der Waals surface area contributed by atoms with Crippen molar-refractivity contribution in [3.05, 3.63) is 71.0 Å². The molecule has 2 aromatic heterocycles. The molecule has 3 aromatic rings. The molecule has 0 radical (unpaired) electrons. The number of hydrogen-bond acceptors (Lipinski definition) is 4. The summed E-state index contributed by atoms with van der Waals surface area (Å²) in [7, 11) is 0. The van der Waals surface area contributed by atoms with Crippen LogP contribution >= 0.6 is 0 Å². The van der Waals surface area contributed by atoms with Gasteiger partial charge in [-0.25, -0.2) is 9.94 Å². The smallest absolute Gasteiger partial charge is 0.240 e. The summed E-state index contributed by atoms with van der Waals surface area (Å²) in [5, 5.41) is 20.4. The molecule has 144 valence electrons. The molecule has 0 saturated heterocycles. The average Bonchev–Trinajstić information content (AvgIpc) is 3.12. The van der Waals surface area contributed by atoms with Crippen molar-refractivity contribution in [3.8, 4) is 0 Å². The number of nitrogens with one attached hydrogen (secondary N) is 1. The number of aromatic nitrogens is 2. The number of aryl methyl sites for hydroxylation is 1. The zero-order valence-electron chi connectivity index (χ0n) is 16.3. The van der Waals surface area contributed by atoms with E-state index in [2.05, 4.69) is 17.5 Å². The van der Waals surface area contributed by atoms with Crippen LogP contribution in [0.15, 0.2) is 53.6 Å². The van der Waals surface area contributed by atoms with Crippen LogP contribution in [0.3, 0.4) is 0 Å². The molecule has 2 unspecified atom stereocenters. The highest BCUT2D eigenvalue weighted by molar-refractivity contribution is 6.10. The monoisotopic (exact) mass is 376 g/mol. The predicted molar refractivity (Wildman–Crippen MR) is 108 cm³/mol. The first-order valence-corrected chi connectivity index (χ1v) is 9.58. The van der Waals surface area contributed by atoms with E-state index in [4.69, 9.17) is 5.10 Å². The molecule has 0 aliphatic carbocycles. The third-order valence-corrected chi connectivity index (χ3v) is 5.40. The quantitative estimate of drug-likeness (QED) is 0.735. The first-order chi connectivity index (χ1) is 13.4. The molecule has 0 saturated carbocycles. The van der Waals surface area contributed by atoms with Gasteiger partial charge >= 0.3 is 0 Å². The van der Waals surface area contributed by atoms with Crippen molar-refractivity contribution in [1.29, 1.82) is 0 Å². The lowest BCUT2D eigenvalue weighted by Gasteiger charge is -2.26. The summed E-state index contributed by atoms with van der Waals surface area (Å²) in [5.41, 5.74) is 6.44. The molecule has 0 bridgehead atoms. The van der Waals surface area contributed by atoms with Crippen molar-refractivity contribution in [2.75, 3.05) is 0 Å². The first-order valence-electron chi connectivity index (χ1n) is 9.58. The number of hydrogen-bond donors (Lipinski definition) is 2. The summed E-state index contributed by atoms with van der Waals surface area (Å²) >= 11 is 0. The van der Waals surface area contributed by atoms with Crippen molar-refractivity contribution >= 4 is 17.1 Å². The lowest BCUT2D eigenvalue weighted by molar-refractivity contribution is -0.121. The number of aliphatic hydroxyl groups is 1. The fraction of sp³-hybridized carbons (Fsp3) is 0.318. The van der Waals surface area contributed by atoms with E-state index in [1.54, 1.807) is 6.92 Å². The van der Waals surface area contributed by atoms with Crippen LogP contribution in [0.5, 0.6) is 0 Å². The highest BCUT2D eigenvalue weighted by Gasteiger charge is 2.31. The lowest BCUT2D eigenvalue weighted by Crippen LogP contribution is -2.32. The minimum absolute atomic E-state index is 0.0120. The summed E-state index contributed by atoms with van der Waals surface area (Å²) < 4.78 is 1.81. The van der Waals surface area contributed by atoms with Crippen LogP contribution in [-0.2, 0) is 16.8 Å². The summed E-state index contributed by atoms with van der Waals surface area (Å²) in [6.07, 6.45) is 1.19. The number of carbonyl (C=O) groups excluding carboxylic acids is 1. The predicted octanol–water partition coefficient (Wildman–Crippen LogP) is 3.01. The molecule has 2 N–H and O–H groups in total. The van der Waals surface area contributed by atoms with Crippen LogP contribution in [0.4, 0.5) is 0 Å². The van der Waals surface area contributed by atoms with E-state index in [0.29, 0.717) is 12.1 Å². The maximum absolute atomic E-state index is 11.6. The first kappa shape index (κ1) is 18.4. The Hall–Kier alpha value is -2.99. The Morgan fingerprint density at radius 3 is 2.68 bits per heavy atom. The van der Waals surface area contributed by atoms with Gasteiger partial charge in [-0.3, -0.25) is 4.79 Å². The Labute approximate surface area is 163 Å². The fourth-order valence-electron chi connectivity index (χ4n) is 3.77. The summed E-state index contributed by atoms with van der Waals surface area (Å²) in [5.74, 6) is -0.0586. The minimum Gasteiger partial charge on any atom is -0.379 e. The average molecular weight is 376 g/mol. The van der Waals surface area contributed by atoms with Crippen LogP contribution in [0.2, 0.25) is 0 Å². The standard InChI is InChI=1S/C22H24N4O2/c1-4-16-13-18-17(21-14(2)12-20(27)23-24-21)10-11-19(26(18)25-16)22(3,28)15-8-6-5-7-9-15/h5-11,13-14,28H,4,12H2,1-3H3,(H,23,27). The van der Waals surface area contributed by atoms with Gasteiger partial charge in [-0.05, 0) is 37.1 Å². The van der Waals surface area contributed by atoms with Crippen LogP contribution in [-0.4, -0.2) is 26.3 Å². The second kappa shape index (κ2) is 6.87. The Kier molecular flexibility index (Phi) is 4.51. The maximum Gasteiger partial charge on any atom is 0.240 e. The van der Waals surface area contributed by atoms with Gasteiger partial charge in [-0.2, -0.15) is 10.2 Å². The van der Waals surface area contributed by atoms with E-state index >= 15 is 0 Å². The number of fused-ring (bicyclic) bond motifs is 1. The van der Waals surface area contributed by atoms with Crippen molar-refractivity contribution in [2.45, 2.75) is 39.2 Å². The van der Waals surface area contributed by atoms with Gasteiger partial charge in [0.15, 0.2) is 0 Å². The SMILES string of the molecule is CCc1cc2c(C3=NNC(=O)CC3C)ccc(C(C)(O)c3ccccc3)n2n1. The van der Waals surface area contributed by atoms with E-state index < -0.39 is 5.60 Å². The number of carbonyl (C=O) groups is 1. The molecule has 2 atom stereocenters. The van der Waals surface area contributed by atoms with Crippen LogP contribution in [0.25, 0.3) is 5.52 Å². The Bertz CT molecular complexity index is 1070. The molecule has 0 fully saturated rings. The topological polar surface area (TPSA) is 79.0 Å². The number of benzene rings is 1. The molecular weight excluding hydrogens is 352 g/mol. The molecule has 1 aliphatic heterocycles. The van der Waals surface area contributed by atoms with Crippen molar-refractivity contribution in [3.63, 3.8) is 0 Å². The summed E-state index contributed by atoms with van der Waals surface area (Å²) in [6.45, 7) is 5.84. The van der Waals surface area contributed by atoms with Crippen LogP contribution < -0.4 is 5.43 Å². The van der Waals surface area contributed by atoms with E-state index in [1.165, 1.54) is 0 Å². The Morgan fingerprint density at radius 2 is 2.00 bits per heavy atom. The van der Waals surface area contributed by atoms with Crippen LogP contribution in [0, 0.1) is 5.92 Å². The van der Waals surface area contributed by atoms with E-state index in [-0.39, 0.29) is 11.8 Å². The zero-order chi connectivity index (χ0) is 19.9. The zero-order valence-corrected chi connectivity index (χ0v) is 16.3. The third kappa shape index (κ3) is 2.99. The van der Waals surface area contributed by atoms with Crippen LogP contribution in [0.1, 0.15) is 49.7 Å². The third-order valence-electron chi connectivity index (χ3n) is 5.40. The van der Waals surface area contributed by atoms with Gasteiger partial charge in [0.25, 0.3) is 0 Å². The minimum atomic E-state index is -1.21. The number of nitrogens with zero attached hydrogens (tertiary/aromatic N) is 3. The normalized spacial score (nSPS) is 19.2. The molecule has 0 spiro atoms. The van der Waals surface area contributed by atoms with Gasteiger partial charge < -0.3 is 5.11 Å². The molecule has 28 heavy (non-hydrogen) atoms. The second-order valence-corrected chi connectivity index (χ2v) is 7.49. The van der Waals surface area contributed by atoms with Gasteiger partial charge in [0.1, 0.15) is 5.60 Å². The number of rotatable bonds is 4. The fourth-order valence-corrected chi connectivity index (χ4v) is 3.77. The number of hydrazone groups is 1. The van der Waals surface area contributed by atoms with Gasteiger partial charge in [0.2, 0.25) is 5.91 Å². The highest BCUT2D eigenvalue weighted by atomic mass is 16.3. The van der Waals surface area contributed by atoms with E-state index in [9.17, 15) is 9.90 Å². The molecule has 1 aliphatic rings. The highest BCUT2D eigenvalue weighted by Crippen LogP contribution is 2.32. The summed E-state index contributed by atoms with van der Waals surface area (Å²) in [6, 6.07) is 15.5. The van der Waals surface area contributed by atoms with E-state index in [0.717, 1.165) is 34.5 Å². The number of pyridine rings is 1. The second-order valence-electron chi connectivity index (χ2n) is 7.49. The van der Waals surface area contributed by atoms with Gasteiger partial charge in [0, 0.05) is 17.9 Å². The van der Waals surface area contributed by atoms with Gasteiger partial charge in [-0.15, -0.1) is 0 Å². The molecule has 6 nitrogen and oxygen atoms in total. The molecule has 1 aromatic carbocycles. The largest absolute Gasteiger partial charge is 0.379 e. The van der Waals surface area contributed by atoms with E-state index in [1.807, 2.05) is 60.0 Å². The maximum atomic E-state index is 11.6. The number of amides is 1. The molecule has 1 amide bonds. The van der Waals surface area contributed by atoms with Crippen molar-refractivity contribution in [2.24, 2.45) is 11.0 Å². The van der Waals surface area contributed by atoms with Crippen molar-refractivity contribution < 1.29 is 9.90 Å². The molecule has 6 heteroatoms. The molecular formula is C22H24N4O2. The lowest BCUT2D eigenvalue weighted by atomic mass is 9.89. The Morgan fingerprint density at radius 1 is 1.25 bits per heavy atom. The molecule has 4 rings (SSSR count). The van der Waals surface area contributed by atoms with Gasteiger partial charge in [0.05, 0.1) is 22.6 Å². The summed E-state index contributed by atoms with van der Waals surface area (Å²) in [4.78, 5) is 11.6. The molecule has 3 heterocycles.